The maximum atomic E-state index is 11.7. The Morgan fingerprint density at radius 3 is 1.41 bits per heavy atom. The van der Waals surface area contributed by atoms with E-state index in [-0.39, 0.29) is 32.9 Å². The average molecular weight is 725 g/mol. The Morgan fingerprint density at radius 2 is 1.00 bits per heavy atom. The summed E-state index contributed by atoms with van der Waals surface area (Å²) in [6.07, 6.45) is 25.2. The Hall–Kier alpha value is -3.54. The van der Waals surface area contributed by atoms with Gasteiger partial charge in [0.05, 0.1) is 22.8 Å². The quantitative estimate of drug-likeness (QED) is 0.262. The second-order valence-corrected chi connectivity index (χ2v) is 20.4. The number of hydrogen-bond acceptors (Lipinski definition) is 6. The van der Waals surface area contributed by atoms with Gasteiger partial charge in [0.25, 0.3) is 0 Å². The number of rotatable bonds is 2. The highest BCUT2D eigenvalue weighted by Crippen LogP contribution is 2.69. The molecule has 54 heavy (non-hydrogen) atoms. The van der Waals surface area contributed by atoms with Crippen LogP contribution in [0.15, 0.2) is 67.4 Å². The van der Waals surface area contributed by atoms with Crippen molar-refractivity contribution in [2.75, 3.05) is 0 Å². The van der Waals surface area contributed by atoms with Gasteiger partial charge in [0.2, 0.25) is 0 Å². The normalized spacial score (nSPS) is 42.8. The minimum Gasteiger partial charge on any atom is -0.431 e. The van der Waals surface area contributed by atoms with Gasteiger partial charge in [0, 0.05) is 23.3 Å². The molecule has 0 saturated heterocycles. The summed E-state index contributed by atoms with van der Waals surface area (Å²) < 4.78 is 10.7. The molecule has 3 heterocycles. The molecule has 0 bridgehead atoms. The van der Waals surface area contributed by atoms with E-state index in [0.29, 0.717) is 23.7 Å². The summed E-state index contributed by atoms with van der Waals surface area (Å²) in [5, 5.41) is 0. The van der Waals surface area contributed by atoms with Gasteiger partial charge in [-0.15, -0.1) is 0 Å². The highest BCUT2D eigenvalue weighted by Gasteiger charge is 2.61. The summed E-state index contributed by atoms with van der Waals surface area (Å²) in [5.41, 5.74) is 10.6. The molecule has 0 aliphatic heterocycles. The third kappa shape index (κ3) is 4.58. The Balaban J connectivity index is 0.838. The van der Waals surface area contributed by atoms with Crippen LogP contribution in [0.4, 0.5) is 0 Å². The van der Waals surface area contributed by atoms with Gasteiger partial charge < -0.3 is 8.83 Å². The molecule has 4 saturated carbocycles. The summed E-state index contributed by atoms with van der Waals surface area (Å²) in [7, 11) is 0. The van der Waals surface area contributed by atoms with Crippen LogP contribution in [0.25, 0.3) is 11.1 Å². The highest BCUT2D eigenvalue weighted by molar-refractivity contribution is 5.73. The molecule has 0 amide bonds. The minimum atomic E-state index is -0.270. The molecule has 4 fully saturated rings. The average Bonchev–Trinajstić information content (AvgIpc) is 3.70. The first-order valence-electron chi connectivity index (χ1n) is 21.5. The number of nitrogens with zero attached hydrogens (tertiary/aromatic N) is 2. The van der Waals surface area contributed by atoms with Crippen molar-refractivity contribution in [3.8, 4) is 0 Å². The van der Waals surface area contributed by atoms with Gasteiger partial charge in [0.15, 0.2) is 0 Å². The molecule has 0 aromatic carbocycles. The van der Waals surface area contributed by atoms with Crippen molar-refractivity contribution >= 4 is 11.1 Å². The van der Waals surface area contributed by atoms with Crippen molar-refractivity contribution in [1.82, 2.24) is 9.97 Å². The molecule has 0 spiro atoms. The van der Waals surface area contributed by atoms with E-state index in [1.165, 1.54) is 85.3 Å². The lowest BCUT2D eigenvalue weighted by Crippen LogP contribution is -2.55. The Labute approximate surface area is 319 Å². The lowest BCUT2D eigenvalue weighted by atomic mass is 9.44. The number of allylic oxidation sites excluding steroid dienone is 4. The first-order valence-corrected chi connectivity index (χ1v) is 21.5. The van der Waals surface area contributed by atoms with Crippen LogP contribution < -0.4 is 11.3 Å². The Morgan fingerprint density at radius 1 is 0.556 bits per heavy atom. The lowest BCUT2D eigenvalue weighted by Gasteiger charge is -2.60. The zero-order valence-electron chi connectivity index (χ0n) is 32.7. The van der Waals surface area contributed by atoms with E-state index in [2.05, 4.69) is 39.8 Å². The second-order valence-electron chi connectivity index (χ2n) is 20.4. The van der Waals surface area contributed by atoms with E-state index in [1.807, 2.05) is 12.1 Å². The number of aromatic nitrogens is 2. The van der Waals surface area contributed by atoms with Crippen molar-refractivity contribution < 1.29 is 8.83 Å². The van der Waals surface area contributed by atoms with Crippen LogP contribution in [0.3, 0.4) is 0 Å². The summed E-state index contributed by atoms with van der Waals surface area (Å²) in [4.78, 5) is 34.8. The fraction of sp³-hybridized carbons (Fsp3) is 0.625. The predicted octanol–water partition coefficient (Wildman–Crippen LogP) is 9.68. The second kappa shape index (κ2) is 11.5. The third-order valence-corrected chi connectivity index (χ3v) is 18.5. The van der Waals surface area contributed by atoms with Gasteiger partial charge in [-0.1, -0.05) is 39.8 Å². The van der Waals surface area contributed by atoms with Crippen molar-refractivity contribution in [3.63, 3.8) is 0 Å². The summed E-state index contributed by atoms with van der Waals surface area (Å²) in [6, 6.07) is 7.12. The van der Waals surface area contributed by atoms with Crippen LogP contribution in [-0.2, 0) is 25.7 Å². The highest BCUT2D eigenvalue weighted by atomic mass is 16.4. The molecule has 6 heteroatoms. The van der Waals surface area contributed by atoms with Crippen LogP contribution in [0.5, 0.6) is 0 Å². The van der Waals surface area contributed by atoms with Gasteiger partial charge in [-0.05, 0) is 182 Å². The van der Waals surface area contributed by atoms with Gasteiger partial charge in [-0.3, -0.25) is 9.97 Å². The molecule has 0 N–H and O–H groups in total. The maximum absolute atomic E-state index is 11.7. The summed E-state index contributed by atoms with van der Waals surface area (Å²) >= 11 is 0. The predicted molar refractivity (Wildman–Crippen MR) is 209 cm³/mol. The molecule has 3 aromatic heterocycles. The van der Waals surface area contributed by atoms with E-state index in [1.54, 1.807) is 24.7 Å². The van der Waals surface area contributed by atoms with Crippen molar-refractivity contribution in [1.29, 1.82) is 0 Å². The Bertz CT molecular complexity index is 2050. The maximum Gasteiger partial charge on any atom is 0.335 e. The van der Waals surface area contributed by atoms with E-state index in [4.69, 9.17) is 18.8 Å². The molecule has 8 aliphatic rings. The zero-order valence-corrected chi connectivity index (χ0v) is 32.7. The Kier molecular flexibility index (Phi) is 7.20. The monoisotopic (exact) mass is 724 g/mol. The largest absolute Gasteiger partial charge is 0.431 e. The zero-order chi connectivity index (χ0) is 36.8. The molecular weight excluding hydrogens is 669 g/mol. The third-order valence-electron chi connectivity index (χ3n) is 18.5. The molecule has 11 rings (SSSR count). The molecule has 0 unspecified atom stereocenters. The van der Waals surface area contributed by atoms with Gasteiger partial charge in [-0.2, -0.15) is 0 Å². The molecule has 0 radical (unpaired) electrons. The van der Waals surface area contributed by atoms with Crippen LogP contribution >= 0.6 is 0 Å². The minimum absolute atomic E-state index is 0.149. The molecule has 3 aromatic rings. The van der Waals surface area contributed by atoms with Crippen molar-refractivity contribution in [2.45, 2.75) is 118 Å². The van der Waals surface area contributed by atoms with Crippen LogP contribution in [0.1, 0.15) is 126 Å². The molecule has 282 valence electrons. The van der Waals surface area contributed by atoms with Crippen molar-refractivity contribution in [3.05, 3.63) is 104 Å². The molecule has 6 nitrogen and oxygen atoms in total. The molecule has 12 atom stereocenters. The number of hydrogen-bond donors (Lipinski definition) is 0. The van der Waals surface area contributed by atoms with Gasteiger partial charge >= 0.3 is 11.3 Å². The van der Waals surface area contributed by atoms with Gasteiger partial charge in [-0.25, -0.2) is 9.59 Å². The van der Waals surface area contributed by atoms with E-state index >= 15 is 0 Å². The van der Waals surface area contributed by atoms with Crippen LogP contribution in [-0.4, -0.2) is 9.97 Å². The summed E-state index contributed by atoms with van der Waals surface area (Å²) in [6.45, 7) is 10.3. The summed E-state index contributed by atoms with van der Waals surface area (Å²) in [5.74, 6) is 5.60. The van der Waals surface area contributed by atoms with Gasteiger partial charge in [0.1, 0.15) is 12.5 Å². The van der Waals surface area contributed by atoms with E-state index < -0.39 is 0 Å². The van der Waals surface area contributed by atoms with Crippen LogP contribution in [0, 0.1) is 69.0 Å². The van der Waals surface area contributed by atoms with E-state index in [9.17, 15) is 9.59 Å². The fourth-order valence-corrected chi connectivity index (χ4v) is 15.7. The first-order chi connectivity index (χ1) is 26.0. The smallest absolute Gasteiger partial charge is 0.335 e. The lowest BCUT2D eigenvalue weighted by molar-refractivity contribution is -0.0851. The first kappa shape index (κ1) is 33.8. The van der Waals surface area contributed by atoms with Crippen molar-refractivity contribution in [2.24, 2.45) is 69.0 Å². The standard InChI is InChI=1S/C48H56N2O4/c1-45-19-17-37-31(35(45)13-11-33(45)27-5-15-43(51)53-25-27)9-7-29-21-39-41(23-47(29,37)3)49-40-22-30-8-10-32-36-14-12-34(28-6-16-44(52)54-26-28)46(36,2)20-18-38(32)48(30,4)24-42(40)50-39/h5-6,11-12,15-16,25-26,29-32,35-38H,7-10,13-14,17-24H2,1-4H3/t29-,30-,31-,32-,35-,36-,37-,38-,45+,46+,47-,48-/m0/s1. The number of fused-ring (bicyclic) bond motifs is 12. The molecular formula is C48H56N2O4. The SMILES string of the molecule is C[C@]12Cc3nc4c(nc3C[C@@H]1CC[C@@H]1[C@@H]2CC[C@]2(C)C(c3ccc(=O)oc3)=CC[C@@H]12)C[C@@]1(C)[C@@H](CC[C@@H]2[C@@H]1CC[C@]1(C)C(c3ccc(=O)oc3)=CC[C@@H]21)C4. The van der Waals surface area contributed by atoms with E-state index in [0.717, 1.165) is 73.3 Å². The fourth-order valence-electron chi connectivity index (χ4n) is 15.7. The topological polar surface area (TPSA) is 86.2 Å². The molecule has 8 aliphatic carbocycles. The van der Waals surface area contributed by atoms with Crippen LogP contribution in [0.2, 0.25) is 0 Å².